The number of aromatic nitrogens is 3. The second-order valence-corrected chi connectivity index (χ2v) is 7.42. The third-order valence-corrected chi connectivity index (χ3v) is 5.04. The lowest BCUT2D eigenvalue weighted by Crippen LogP contribution is -2.42. The molecule has 0 saturated carbocycles. The quantitative estimate of drug-likeness (QED) is 0.723. The Kier molecular flexibility index (Phi) is 4.37. The number of rotatable bonds is 3. The van der Waals surface area contributed by atoms with Gasteiger partial charge in [-0.2, -0.15) is 0 Å². The van der Waals surface area contributed by atoms with Crippen molar-refractivity contribution in [3.05, 3.63) is 67.0 Å². The minimum Gasteiger partial charge on any atom is -0.338 e. The first kappa shape index (κ1) is 16.6. The summed E-state index contributed by atoms with van der Waals surface area (Å²) in [6, 6.07) is 9.89. The van der Waals surface area contributed by atoms with Gasteiger partial charge >= 0.3 is 0 Å². The zero-order valence-corrected chi connectivity index (χ0v) is 15.2. The Balaban J connectivity index is 1.72. The number of amides is 1. The molecule has 0 unspecified atom stereocenters. The zero-order valence-electron chi connectivity index (χ0n) is 15.2. The second-order valence-electron chi connectivity index (χ2n) is 7.42. The molecule has 2 aromatic heterocycles. The molecule has 0 bridgehead atoms. The van der Waals surface area contributed by atoms with Crippen molar-refractivity contribution in [2.45, 2.75) is 20.3 Å². The minimum atomic E-state index is 0.119. The Hall–Kier alpha value is -2.82. The van der Waals surface area contributed by atoms with Crippen LogP contribution in [0.5, 0.6) is 0 Å². The molecule has 4 rings (SSSR count). The smallest absolute Gasteiger partial charge is 0.253 e. The number of carbonyl (C=O) groups excluding carboxylic acids is 1. The van der Waals surface area contributed by atoms with Crippen LogP contribution in [0.2, 0.25) is 0 Å². The molecule has 1 aliphatic rings. The Morgan fingerprint density at radius 2 is 1.73 bits per heavy atom. The summed E-state index contributed by atoms with van der Waals surface area (Å²) in [6.07, 6.45) is 10.6. The summed E-state index contributed by atoms with van der Waals surface area (Å²) in [4.78, 5) is 19.3. The minimum absolute atomic E-state index is 0.119. The van der Waals surface area contributed by atoms with Crippen molar-refractivity contribution < 1.29 is 4.79 Å². The number of imidazole rings is 1. The van der Waals surface area contributed by atoms with Gasteiger partial charge in [-0.1, -0.05) is 13.8 Å². The summed E-state index contributed by atoms with van der Waals surface area (Å²) in [5.41, 5.74) is 2.70. The van der Waals surface area contributed by atoms with Crippen molar-refractivity contribution in [1.29, 1.82) is 0 Å². The predicted molar refractivity (Wildman–Crippen MR) is 102 cm³/mol. The van der Waals surface area contributed by atoms with E-state index in [9.17, 15) is 4.79 Å². The van der Waals surface area contributed by atoms with Crippen molar-refractivity contribution in [1.82, 2.24) is 19.0 Å². The first-order valence-corrected chi connectivity index (χ1v) is 9.17. The summed E-state index contributed by atoms with van der Waals surface area (Å²) in [5.74, 6) is 1.22. The lowest BCUT2D eigenvalue weighted by molar-refractivity contribution is 0.0623. The summed E-state index contributed by atoms with van der Waals surface area (Å²) in [7, 11) is 0. The molecule has 1 aliphatic heterocycles. The van der Waals surface area contributed by atoms with Crippen LogP contribution in [-0.4, -0.2) is 38.0 Å². The van der Waals surface area contributed by atoms with Gasteiger partial charge in [-0.15, -0.1) is 0 Å². The highest BCUT2D eigenvalue weighted by molar-refractivity contribution is 5.95. The molecule has 3 heterocycles. The third kappa shape index (κ3) is 3.17. The molecule has 3 aromatic rings. The molecule has 26 heavy (non-hydrogen) atoms. The van der Waals surface area contributed by atoms with E-state index in [1.54, 1.807) is 12.5 Å². The summed E-state index contributed by atoms with van der Waals surface area (Å²) in [5, 5.41) is 0. The van der Waals surface area contributed by atoms with Gasteiger partial charge < -0.3 is 14.0 Å². The molecule has 5 nitrogen and oxygen atoms in total. The molecule has 1 aromatic carbocycles. The molecule has 0 N–H and O–H groups in total. The normalized spacial score (nSPS) is 20.3. The van der Waals surface area contributed by atoms with Crippen molar-refractivity contribution in [3.8, 4) is 11.4 Å². The van der Waals surface area contributed by atoms with Crippen LogP contribution >= 0.6 is 0 Å². The van der Waals surface area contributed by atoms with Gasteiger partial charge in [-0.05, 0) is 48.6 Å². The highest BCUT2D eigenvalue weighted by Crippen LogP contribution is 2.25. The van der Waals surface area contributed by atoms with Crippen LogP contribution in [0.4, 0.5) is 0 Å². The summed E-state index contributed by atoms with van der Waals surface area (Å²) < 4.78 is 4.00. The van der Waals surface area contributed by atoms with E-state index in [1.807, 2.05) is 63.0 Å². The van der Waals surface area contributed by atoms with Crippen LogP contribution < -0.4 is 0 Å². The van der Waals surface area contributed by atoms with E-state index in [1.165, 1.54) is 6.42 Å². The SMILES string of the molecule is C[C@@H]1C[C@H](C)CN(C(=O)c2ccc(-n3ccnc3)c(-n3cccc3)c2)C1. The van der Waals surface area contributed by atoms with Crippen molar-refractivity contribution in [2.75, 3.05) is 13.1 Å². The first-order chi connectivity index (χ1) is 12.6. The Bertz CT molecular complexity index is 873. The molecular weight excluding hydrogens is 324 g/mol. The highest BCUT2D eigenvalue weighted by atomic mass is 16.2. The Morgan fingerprint density at radius 1 is 1.00 bits per heavy atom. The first-order valence-electron chi connectivity index (χ1n) is 9.17. The Morgan fingerprint density at radius 3 is 2.38 bits per heavy atom. The summed E-state index contributed by atoms with van der Waals surface area (Å²) in [6.45, 7) is 6.13. The maximum absolute atomic E-state index is 13.1. The fourth-order valence-corrected chi connectivity index (χ4v) is 3.99. The molecule has 2 atom stereocenters. The number of carbonyl (C=O) groups is 1. The van der Waals surface area contributed by atoms with E-state index in [2.05, 4.69) is 18.8 Å². The van der Waals surface area contributed by atoms with Crippen molar-refractivity contribution in [2.24, 2.45) is 11.8 Å². The molecule has 1 fully saturated rings. The molecule has 0 aliphatic carbocycles. The third-order valence-electron chi connectivity index (χ3n) is 5.04. The van der Waals surface area contributed by atoms with Crippen LogP contribution in [0.25, 0.3) is 11.4 Å². The average Bonchev–Trinajstić information content (AvgIpc) is 3.33. The van der Waals surface area contributed by atoms with E-state index in [0.29, 0.717) is 11.8 Å². The topological polar surface area (TPSA) is 43.1 Å². The lowest BCUT2D eigenvalue weighted by atomic mass is 9.91. The van der Waals surface area contributed by atoms with Gasteiger partial charge in [0.05, 0.1) is 17.7 Å². The maximum Gasteiger partial charge on any atom is 0.253 e. The van der Waals surface area contributed by atoms with E-state index in [0.717, 1.165) is 30.0 Å². The zero-order chi connectivity index (χ0) is 18.1. The van der Waals surface area contributed by atoms with Crippen molar-refractivity contribution in [3.63, 3.8) is 0 Å². The van der Waals surface area contributed by atoms with E-state index in [-0.39, 0.29) is 5.91 Å². The molecule has 0 radical (unpaired) electrons. The van der Waals surface area contributed by atoms with Gasteiger partial charge in [0.25, 0.3) is 5.91 Å². The fourth-order valence-electron chi connectivity index (χ4n) is 3.99. The van der Waals surface area contributed by atoms with Crippen molar-refractivity contribution >= 4 is 5.91 Å². The number of likely N-dealkylation sites (tertiary alicyclic amines) is 1. The van der Waals surface area contributed by atoms with Gasteiger partial charge in [-0.3, -0.25) is 4.79 Å². The standard InChI is InChI=1S/C21H24N4O/c1-16-11-17(2)14-25(13-16)21(26)18-5-6-19(24-10-7-22-15-24)20(12-18)23-8-3-4-9-23/h3-10,12,15-17H,11,13-14H2,1-2H3/t16-,17+. The molecule has 0 spiro atoms. The van der Waals surface area contributed by atoms with Crippen LogP contribution in [0, 0.1) is 11.8 Å². The highest BCUT2D eigenvalue weighted by Gasteiger charge is 2.26. The van der Waals surface area contributed by atoms with Crippen LogP contribution in [0.15, 0.2) is 61.4 Å². The van der Waals surface area contributed by atoms with Crippen LogP contribution in [-0.2, 0) is 0 Å². The second kappa shape index (κ2) is 6.83. The van der Waals surface area contributed by atoms with Crippen LogP contribution in [0.3, 0.4) is 0 Å². The van der Waals surface area contributed by atoms with E-state index < -0.39 is 0 Å². The molecule has 1 saturated heterocycles. The molecule has 5 heteroatoms. The number of nitrogens with zero attached hydrogens (tertiary/aromatic N) is 4. The molecule has 134 valence electrons. The average molecular weight is 348 g/mol. The van der Waals surface area contributed by atoms with Gasteiger partial charge in [0.2, 0.25) is 0 Å². The summed E-state index contributed by atoms with van der Waals surface area (Å²) >= 11 is 0. The van der Waals surface area contributed by atoms with Gasteiger partial charge in [0.15, 0.2) is 0 Å². The van der Waals surface area contributed by atoms with Gasteiger partial charge in [-0.25, -0.2) is 4.98 Å². The largest absolute Gasteiger partial charge is 0.338 e. The van der Waals surface area contributed by atoms with Gasteiger partial charge in [0, 0.05) is 43.4 Å². The monoisotopic (exact) mass is 348 g/mol. The maximum atomic E-state index is 13.1. The van der Waals surface area contributed by atoms with Crippen LogP contribution in [0.1, 0.15) is 30.6 Å². The van der Waals surface area contributed by atoms with E-state index in [4.69, 9.17) is 0 Å². The fraction of sp³-hybridized carbons (Fsp3) is 0.333. The predicted octanol–water partition coefficient (Wildman–Crippen LogP) is 3.78. The van der Waals surface area contributed by atoms with Gasteiger partial charge in [0.1, 0.15) is 0 Å². The number of hydrogen-bond donors (Lipinski definition) is 0. The molecular formula is C21H24N4O. The van der Waals surface area contributed by atoms with E-state index >= 15 is 0 Å². The molecule has 1 amide bonds. The number of benzene rings is 1. The lowest BCUT2D eigenvalue weighted by Gasteiger charge is -2.35. The Labute approximate surface area is 153 Å². The number of piperidine rings is 1. The number of hydrogen-bond acceptors (Lipinski definition) is 2.